The predicted octanol–water partition coefficient (Wildman–Crippen LogP) is 3.06. The van der Waals surface area contributed by atoms with E-state index in [1.165, 1.54) is 25.7 Å². The van der Waals surface area contributed by atoms with Gasteiger partial charge in [-0.15, -0.1) is 0 Å². The Bertz CT molecular complexity index is 366. The van der Waals surface area contributed by atoms with E-state index in [1.807, 2.05) is 24.3 Å². The maximum atomic E-state index is 9.95. The molecular weight excluding hydrogens is 240 g/mol. The summed E-state index contributed by atoms with van der Waals surface area (Å²) in [7, 11) is 0. The molecule has 2 atom stereocenters. The van der Waals surface area contributed by atoms with Crippen molar-refractivity contribution >= 4 is 0 Å². The predicted molar refractivity (Wildman–Crippen MR) is 75.2 cm³/mol. The van der Waals surface area contributed by atoms with Gasteiger partial charge in [0.05, 0.1) is 12.2 Å². The molecule has 19 heavy (non-hydrogen) atoms. The lowest BCUT2D eigenvalue weighted by Gasteiger charge is -2.16. The lowest BCUT2D eigenvalue weighted by atomic mass is 10.0. The molecule has 3 nitrogen and oxygen atoms in total. The molecule has 0 bridgehead atoms. The highest BCUT2D eigenvalue weighted by Crippen LogP contribution is 2.28. The highest BCUT2D eigenvalue weighted by Gasteiger charge is 2.19. The van der Waals surface area contributed by atoms with Crippen LogP contribution in [-0.2, 0) is 0 Å². The Labute approximate surface area is 115 Å². The van der Waals surface area contributed by atoms with Crippen LogP contribution in [0.2, 0.25) is 0 Å². The lowest BCUT2D eigenvalue weighted by Crippen LogP contribution is -2.20. The monoisotopic (exact) mass is 264 g/mol. The van der Waals surface area contributed by atoms with Crippen LogP contribution in [0, 0.1) is 5.92 Å². The van der Waals surface area contributed by atoms with Gasteiger partial charge in [-0.3, -0.25) is 0 Å². The van der Waals surface area contributed by atoms with Gasteiger partial charge in [0.25, 0.3) is 0 Å². The van der Waals surface area contributed by atoms with Crippen molar-refractivity contribution in [3.8, 4) is 5.75 Å². The average Bonchev–Trinajstić information content (AvgIpc) is 2.89. The van der Waals surface area contributed by atoms with E-state index in [0.29, 0.717) is 12.5 Å². The first-order valence-electron chi connectivity index (χ1n) is 7.24. The summed E-state index contributed by atoms with van der Waals surface area (Å²) < 4.78 is 5.58. The molecule has 2 rings (SSSR count). The standard InChI is InChI=1S/C16H24O3/c1-12(17)14-6-8-16(9-7-14)19-11-15(18)10-13-4-2-3-5-13/h6-9,12-13,15,17-18H,2-5,10-11H2,1H3/t12-,15?/m1/s1. The topological polar surface area (TPSA) is 49.7 Å². The Kier molecular flexibility index (Phi) is 5.23. The van der Waals surface area contributed by atoms with E-state index in [4.69, 9.17) is 4.74 Å². The Morgan fingerprint density at radius 3 is 2.37 bits per heavy atom. The van der Waals surface area contributed by atoms with E-state index in [0.717, 1.165) is 17.7 Å². The van der Waals surface area contributed by atoms with Gasteiger partial charge < -0.3 is 14.9 Å². The molecular formula is C16H24O3. The molecule has 1 aliphatic carbocycles. The number of hydrogen-bond acceptors (Lipinski definition) is 3. The fourth-order valence-corrected chi connectivity index (χ4v) is 2.73. The second-order valence-electron chi connectivity index (χ2n) is 5.60. The molecule has 1 fully saturated rings. The van der Waals surface area contributed by atoms with Gasteiger partial charge in [-0.05, 0) is 37.0 Å². The molecule has 0 amide bonds. The largest absolute Gasteiger partial charge is 0.491 e. The van der Waals surface area contributed by atoms with Crippen molar-refractivity contribution < 1.29 is 14.9 Å². The Morgan fingerprint density at radius 1 is 1.16 bits per heavy atom. The lowest BCUT2D eigenvalue weighted by molar-refractivity contribution is 0.0855. The highest BCUT2D eigenvalue weighted by atomic mass is 16.5. The number of benzene rings is 1. The van der Waals surface area contributed by atoms with E-state index in [9.17, 15) is 10.2 Å². The van der Waals surface area contributed by atoms with Crippen molar-refractivity contribution in [1.82, 2.24) is 0 Å². The van der Waals surface area contributed by atoms with Gasteiger partial charge in [0, 0.05) is 0 Å². The summed E-state index contributed by atoms with van der Waals surface area (Å²) in [4.78, 5) is 0. The van der Waals surface area contributed by atoms with E-state index in [1.54, 1.807) is 6.92 Å². The maximum Gasteiger partial charge on any atom is 0.119 e. The molecule has 0 aromatic heterocycles. The van der Waals surface area contributed by atoms with Crippen molar-refractivity contribution in [2.24, 2.45) is 5.92 Å². The minimum atomic E-state index is -0.456. The third kappa shape index (κ3) is 4.51. The molecule has 1 aromatic carbocycles. The zero-order chi connectivity index (χ0) is 13.7. The molecule has 1 unspecified atom stereocenters. The average molecular weight is 264 g/mol. The first kappa shape index (κ1) is 14.4. The number of rotatable bonds is 6. The zero-order valence-corrected chi connectivity index (χ0v) is 11.6. The molecule has 0 saturated heterocycles. The summed E-state index contributed by atoms with van der Waals surface area (Å²) >= 11 is 0. The second-order valence-corrected chi connectivity index (χ2v) is 5.60. The molecule has 1 aromatic rings. The summed E-state index contributed by atoms with van der Waals surface area (Å²) in [5.74, 6) is 1.42. The van der Waals surface area contributed by atoms with Gasteiger partial charge >= 0.3 is 0 Å². The van der Waals surface area contributed by atoms with E-state index in [2.05, 4.69) is 0 Å². The van der Waals surface area contributed by atoms with Crippen molar-refractivity contribution in [2.75, 3.05) is 6.61 Å². The van der Waals surface area contributed by atoms with Gasteiger partial charge in [-0.25, -0.2) is 0 Å². The van der Waals surface area contributed by atoms with Crippen molar-refractivity contribution in [3.63, 3.8) is 0 Å². The summed E-state index contributed by atoms with van der Waals surface area (Å²) in [6.07, 6.45) is 5.13. The van der Waals surface area contributed by atoms with E-state index < -0.39 is 6.10 Å². The van der Waals surface area contributed by atoms with Gasteiger partial charge in [-0.2, -0.15) is 0 Å². The van der Waals surface area contributed by atoms with Crippen LogP contribution in [0.3, 0.4) is 0 Å². The maximum absolute atomic E-state index is 9.95. The van der Waals surface area contributed by atoms with Gasteiger partial charge in [0.15, 0.2) is 0 Å². The van der Waals surface area contributed by atoms with E-state index in [-0.39, 0.29) is 6.10 Å². The Balaban J connectivity index is 1.74. The molecule has 2 N–H and O–H groups in total. The number of aliphatic hydroxyl groups is 2. The SMILES string of the molecule is C[C@@H](O)c1ccc(OCC(O)CC2CCCC2)cc1. The van der Waals surface area contributed by atoms with Crippen LogP contribution in [0.5, 0.6) is 5.75 Å². The van der Waals surface area contributed by atoms with Gasteiger partial charge in [0.1, 0.15) is 12.4 Å². The molecule has 106 valence electrons. The third-order valence-electron chi connectivity index (χ3n) is 3.89. The molecule has 0 radical (unpaired) electrons. The molecule has 0 heterocycles. The molecule has 0 aliphatic heterocycles. The molecule has 1 aliphatic rings. The van der Waals surface area contributed by atoms with Crippen LogP contribution < -0.4 is 4.74 Å². The van der Waals surface area contributed by atoms with Crippen molar-refractivity contribution in [3.05, 3.63) is 29.8 Å². The van der Waals surface area contributed by atoms with Crippen molar-refractivity contribution in [2.45, 2.75) is 51.2 Å². The summed E-state index contributed by atoms with van der Waals surface area (Å²) in [6.45, 7) is 2.09. The van der Waals surface area contributed by atoms with Crippen LogP contribution >= 0.6 is 0 Å². The zero-order valence-electron chi connectivity index (χ0n) is 11.6. The number of ether oxygens (including phenoxy) is 1. The fourth-order valence-electron chi connectivity index (χ4n) is 2.73. The second kappa shape index (κ2) is 6.92. The van der Waals surface area contributed by atoms with Crippen LogP contribution in [0.4, 0.5) is 0 Å². The minimum Gasteiger partial charge on any atom is -0.491 e. The quantitative estimate of drug-likeness (QED) is 0.830. The minimum absolute atomic E-state index is 0.352. The Hall–Kier alpha value is -1.06. The highest BCUT2D eigenvalue weighted by molar-refractivity contribution is 5.28. The van der Waals surface area contributed by atoms with Crippen LogP contribution in [-0.4, -0.2) is 22.9 Å². The van der Waals surface area contributed by atoms with Crippen molar-refractivity contribution in [1.29, 1.82) is 0 Å². The first-order chi connectivity index (χ1) is 9.15. The Morgan fingerprint density at radius 2 is 1.79 bits per heavy atom. The van der Waals surface area contributed by atoms with E-state index >= 15 is 0 Å². The van der Waals surface area contributed by atoms with Crippen LogP contribution in [0.15, 0.2) is 24.3 Å². The van der Waals surface area contributed by atoms with Gasteiger partial charge in [0.2, 0.25) is 0 Å². The number of aliphatic hydroxyl groups excluding tert-OH is 2. The normalized spacial score (nSPS) is 19.3. The summed E-state index contributed by atoms with van der Waals surface area (Å²) in [6, 6.07) is 7.38. The third-order valence-corrected chi connectivity index (χ3v) is 3.89. The molecule has 1 saturated carbocycles. The fraction of sp³-hybridized carbons (Fsp3) is 0.625. The van der Waals surface area contributed by atoms with Crippen LogP contribution in [0.1, 0.15) is 50.7 Å². The number of hydrogen-bond donors (Lipinski definition) is 2. The molecule has 3 heteroatoms. The van der Waals surface area contributed by atoms with Gasteiger partial charge in [-0.1, -0.05) is 37.8 Å². The smallest absolute Gasteiger partial charge is 0.119 e. The van der Waals surface area contributed by atoms with Crippen LogP contribution in [0.25, 0.3) is 0 Å². The molecule has 0 spiro atoms. The summed E-state index contributed by atoms with van der Waals surface area (Å²) in [5, 5.41) is 19.4. The summed E-state index contributed by atoms with van der Waals surface area (Å²) in [5.41, 5.74) is 0.874. The first-order valence-corrected chi connectivity index (χ1v) is 7.24.